The van der Waals surface area contributed by atoms with Crippen LogP contribution in [0.5, 0.6) is 5.75 Å². The van der Waals surface area contributed by atoms with E-state index >= 15 is 0 Å². The Morgan fingerprint density at radius 2 is 1.46 bits per heavy atom. The van der Waals surface area contributed by atoms with E-state index in [0.29, 0.717) is 0 Å². The summed E-state index contributed by atoms with van der Waals surface area (Å²) in [4.78, 5) is 0. The van der Waals surface area contributed by atoms with Crippen LogP contribution in [0.25, 0.3) is 21.9 Å². The number of fused-ring (bicyclic) bond motifs is 1. The Labute approximate surface area is 167 Å². The predicted octanol–water partition coefficient (Wildman–Crippen LogP) is 7.63. The zero-order valence-corrected chi connectivity index (χ0v) is 16.2. The fourth-order valence-electron chi connectivity index (χ4n) is 3.71. The van der Waals surface area contributed by atoms with Crippen LogP contribution < -0.4 is 4.74 Å². The molecule has 0 saturated carbocycles. The molecular formula is C27H25O. The van der Waals surface area contributed by atoms with Crippen molar-refractivity contribution < 1.29 is 4.74 Å². The molecule has 0 N–H and O–H groups in total. The van der Waals surface area contributed by atoms with Crippen molar-refractivity contribution in [2.45, 2.75) is 25.9 Å². The zero-order valence-electron chi connectivity index (χ0n) is 16.2. The van der Waals surface area contributed by atoms with Crippen molar-refractivity contribution in [1.29, 1.82) is 0 Å². The van der Waals surface area contributed by atoms with E-state index in [1.807, 2.05) is 0 Å². The molecule has 0 bridgehead atoms. The lowest BCUT2D eigenvalue weighted by atomic mass is 9.93. The van der Waals surface area contributed by atoms with Gasteiger partial charge >= 0.3 is 0 Å². The molecule has 0 heterocycles. The van der Waals surface area contributed by atoms with Crippen molar-refractivity contribution in [2.24, 2.45) is 0 Å². The van der Waals surface area contributed by atoms with E-state index in [-0.39, 0.29) is 6.10 Å². The maximum absolute atomic E-state index is 6.66. The number of hydrogen-bond acceptors (Lipinski definition) is 1. The van der Waals surface area contributed by atoms with Gasteiger partial charge in [0.2, 0.25) is 0 Å². The molecule has 0 saturated heterocycles. The molecule has 28 heavy (non-hydrogen) atoms. The minimum atomic E-state index is -0.00147. The van der Waals surface area contributed by atoms with E-state index in [1.165, 1.54) is 22.1 Å². The molecule has 4 aromatic rings. The van der Waals surface area contributed by atoms with Gasteiger partial charge in [-0.1, -0.05) is 97.9 Å². The Kier molecular flexibility index (Phi) is 5.72. The fraction of sp³-hybridized carbons (Fsp3) is 0.148. The molecule has 4 aromatic carbocycles. The highest BCUT2D eigenvalue weighted by molar-refractivity contribution is 5.88. The lowest BCUT2D eigenvalue weighted by Gasteiger charge is -2.23. The van der Waals surface area contributed by atoms with Gasteiger partial charge in [0.25, 0.3) is 0 Å². The molecule has 0 aliphatic carbocycles. The molecule has 0 aromatic heterocycles. The summed E-state index contributed by atoms with van der Waals surface area (Å²) in [5.41, 5.74) is 3.71. The van der Waals surface area contributed by atoms with Crippen LogP contribution in [0.1, 0.15) is 31.4 Å². The molecule has 1 radical (unpaired) electrons. The standard InChI is InChI=1S/C27H25O/c1-2-3-19-27(28-26-20-11-15-22-14-7-8-17-24(22)26)25-18-10-9-16-23(25)21-12-5-4-6-13-21/h2,4-18,20,27H,3,19H2,1H3. The van der Waals surface area contributed by atoms with Gasteiger partial charge in [-0.3, -0.25) is 0 Å². The van der Waals surface area contributed by atoms with Crippen LogP contribution in [0.15, 0.2) is 97.1 Å². The molecule has 1 nitrogen and oxygen atoms in total. The summed E-state index contributed by atoms with van der Waals surface area (Å²) in [5.74, 6) is 0.946. The van der Waals surface area contributed by atoms with Gasteiger partial charge in [0, 0.05) is 10.9 Å². The van der Waals surface area contributed by atoms with Gasteiger partial charge in [-0.2, -0.15) is 0 Å². The summed E-state index contributed by atoms with van der Waals surface area (Å²) in [6.45, 7) is 2.11. The Morgan fingerprint density at radius 1 is 0.750 bits per heavy atom. The Morgan fingerprint density at radius 3 is 2.32 bits per heavy atom. The maximum Gasteiger partial charge on any atom is 0.128 e. The smallest absolute Gasteiger partial charge is 0.128 e. The zero-order chi connectivity index (χ0) is 19.2. The van der Waals surface area contributed by atoms with Crippen LogP contribution in [-0.4, -0.2) is 0 Å². The molecule has 1 heteroatoms. The molecule has 0 aliphatic rings. The second-order valence-electron chi connectivity index (χ2n) is 7.02. The van der Waals surface area contributed by atoms with Crippen LogP contribution in [0.4, 0.5) is 0 Å². The third-order valence-corrected chi connectivity index (χ3v) is 5.13. The van der Waals surface area contributed by atoms with Crippen LogP contribution >= 0.6 is 0 Å². The quantitative estimate of drug-likeness (QED) is 0.327. The fourth-order valence-corrected chi connectivity index (χ4v) is 3.71. The number of benzene rings is 4. The Hall–Kier alpha value is -3.06. The highest BCUT2D eigenvalue weighted by atomic mass is 16.5. The lowest BCUT2D eigenvalue weighted by molar-refractivity contribution is 0.198. The molecule has 0 spiro atoms. The Bertz CT molecular complexity index is 1030. The summed E-state index contributed by atoms with van der Waals surface area (Å²) in [5, 5.41) is 2.37. The lowest BCUT2D eigenvalue weighted by Crippen LogP contribution is -2.09. The third-order valence-electron chi connectivity index (χ3n) is 5.13. The topological polar surface area (TPSA) is 9.23 Å². The van der Waals surface area contributed by atoms with Crippen molar-refractivity contribution in [1.82, 2.24) is 0 Å². The first-order chi connectivity index (χ1) is 13.9. The van der Waals surface area contributed by atoms with Crippen molar-refractivity contribution >= 4 is 10.8 Å². The summed E-state index contributed by atoms with van der Waals surface area (Å²) >= 11 is 0. The molecule has 0 amide bonds. The first-order valence-electron chi connectivity index (χ1n) is 9.93. The molecule has 0 aliphatic heterocycles. The van der Waals surface area contributed by atoms with E-state index in [2.05, 4.69) is 110 Å². The van der Waals surface area contributed by atoms with Crippen molar-refractivity contribution in [3.8, 4) is 16.9 Å². The first kappa shape index (κ1) is 18.3. The third kappa shape index (κ3) is 3.94. The number of ether oxygens (including phenoxy) is 1. The normalized spacial score (nSPS) is 12.0. The molecule has 139 valence electrons. The van der Waals surface area contributed by atoms with Crippen molar-refractivity contribution in [2.75, 3.05) is 0 Å². The van der Waals surface area contributed by atoms with Gasteiger partial charge < -0.3 is 4.74 Å². The van der Waals surface area contributed by atoms with Gasteiger partial charge in [0.1, 0.15) is 11.9 Å². The number of rotatable bonds is 7. The highest BCUT2D eigenvalue weighted by Gasteiger charge is 2.18. The summed E-state index contributed by atoms with van der Waals surface area (Å²) in [7, 11) is 0. The number of unbranched alkanes of at least 4 members (excludes halogenated alkanes) is 1. The van der Waals surface area contributed by atoms with Crippen molar-refractivity contribution in [3.63, 3.8) is 0 Å². The molecule has 1 unspecified atom stereocenters. The van der Waals surface area contributed by atoms with Gasteiger partial charge in [-0.05, 0) is 41.8 Å². The second kappa shape index (κ2) is 8.75. The first-order valence-corrected chi connectivity index (χ1v) is 9.93. The minimum Gasteiger partial charge on any atom is -0.485 e. The van der Waals surface area contributed by atoms with E-state index in [1.54, 1.807) is 0 Å². The van der Waals surface area contributed by atoms with Crippen LogP contribution in [0, 0.1) is 6.42 Å². The summed E-state index contributed by atoms with van der Waals surface area (Å²) in [6, 6.07) is 33.9. The predicted molar refractivity (Wildman–Crippen MR) is 118 cm³/mol. The monoisotopic (exact) mass is 365 g/mol. The highest BCUT2D eigenvalue weighted by Crippen LogP contribution is 2.36. The van der Waals surface area contributed by atoms with Gasteiger partial charge in [-0.15, -0.1) is 0 Å². The van der Waals surface area contributed by atoms with E-state index in [0.717, 1.165) is 24.0 Å². The van der Waals surface area contributed by atoms with Gasteiger partial charge in [0.05, 0.1) is 0 Å². The molecular weight excluding hydrogens is 340 g/mol. The van der Waals surface area contributed by atoms with Crippen LogP contribution in [-0.2, 0) is 0 Å². The van der Waals surface area contributed by atoms with Crippen LogP contribution in [0.2, 0.25) is 0 Å². The van der Waals surface area contributed by atoms with E-state index < -0.39 is 0 Å². The van der Waals surface area contributed by atoms with E-state index in [4.69, 9.17) is 4.74 Å². The number of hydrogen-bond donors (Lipinski definition) is 0. The van der Waals surface area contributed by atoms with Gasteiger partial charge in [-0.25, -0.2) is 0 Å². The molecule has 4 rings (SSSR count). The summed E-state index contributed by atoms with van der Waals surface area (Å²) < 4.78 is 6.66. The largest absolute Gasteiger partial charge is 0.485 e. The Balaban J connectivity index is 1.75. The average Bonchev–Trinajstić information content (AvgIpc) is 2.77. The van der Waals surface area contributed by atoms with Gasteiger partial charge in [0.15, 0.2) is 0 Å². The SMILES string of the molecule is C[CH]CCC(Oc1cccc2ccccc12)c1ccccc1-c1ccccc1. The van der Waals surface area contributed by atoms with Crippen molar-refractivity contribution in [3.05, 3.63) is 109 Å². The second-order valence-corrected chi connectivity index (χ2v) is 7.02. The average molecular weight is 365 g/mol. The summed E-state index contributed by atoms with van der Waals surface area (Å²) in [6.07, 6.45) is 4.17. The van der Waals surface area contributed by atoms with E-state index in [9.17, 15) is 0 Å². The maximum atomic E-state index is 6.66. The minimum absolute atomic E-state index is 0.00147. The van der Waals surface area contributed by atoms with Crippen LogP contribution in [0.3, 0.4) is 0 Å². The molecule has 1 atom stereocenters. The molecule has 0 fully saturated rings.